The molecule has 22 heavy (non-hydrogen) atoms. The Labute approximate surface area is 139 Å². The number of rotatable bonds is 3. The number of nitrogens with zero attached hydrogens (tertiary/aromatic N) is 4. The monoisotopic (exact) mass is 342 g/mol. The third-order valence-electron chi connectivity index (χ3n) is 4.12. The zero-order valence-corrected chi connectivity index (χ0v) is 14.5. The minimum atomic E-state index is 0.105. The lowest BCUT2D eigenvalue weighted by atomic mass is 10.2. The van der Waals surface area contributed by atoms with E-state index in [2.05, 4.69) is 19.4 Å². The molecule has 0 spiro atoms. The number of amides is 1. The van der Waals surface area contributed by atoms with Crippen LogP contribution in [0.15, 0.2) is 0 Å². The number of aryl methyl sites for hydroxylation is 1. The van der Waals surface area contributed by atoms with E-state index in [4.69, 9.17) is 4.74 Å². The zero-order valence-electron chi connectivity index (χ0n) is 12.9. The van der Waals surface area contributed by atoms with Gasteiger partial charge in [-0.1, -0.05) is 4.49 Å². The molecule has 3 rings (SSSR count). The Morgan fingerprint density at radius 2 is 2.18 bits per heavy atom. The second kappa shape index (κ2) is 7.72. The summed E-state index contributed by atoms with van der Waals surface area (Å²) in [5.41, 5.74) is 0.747. The molecule has 1 amide bonds. The zero-order chi connectivity index (χ0) is 15.4. The van der Waals surface area contributed by atoms with E-state index < -0.39 is 0 Å². The largest absolute Gasteiger partial charge is 0.379 e. The molecular formula is C14H22N4O2S2. The van der Waals surface area contributed by atoms with Gasteiger partial charge in [0.15, 0.2) is 0 Å². The smallest absolute Gasteiger partial charge is 0.267 e. The molecule has 0 unspecified atom stereocenters. The number of hydrogen-bond donors (Lipinski definition) is 0. The summed E-state index contributed by atoms with van der Waals surface area (Å²) in [6, 6.07) is 0.264. The molecule has 2 fully saturated rings. The summed E-state index contributed by atoms with van der Waals surface area (Å²) in [6.07, 6.45) is 1.06. The second-order valence-electron chi connectivity index (χ2n) is 5.68. The summed E-state index contributed by atoms with van der Waals surface area (Å²) >= 11 is 3.17. The molecule has 8 heteroatoms. The minimum Gasteiger partial charge on any atom is -0.379 e. The van der Waals surface area contributed by atoms with Crippen LogP contribution in [0.5, 0.6) is 0 Å². The summed E-state index contributed by atoms with van der Waals surface area (Å²) in [5, 5.41) is 3.99. The molecule has 0 bridgehead atoms. The topological polar surface area (TPSA) is 58.6 Å². The van der Waals surface area contributed by atoms with Crippen molar-refractivity contribution in [2.45, 2.75) is 19.4 Å². The summed E-state index contributed by atoms with van der Waals surface area (Å²) in [4.78, 5) is 18.1. The van der Waals surface area contributed by atoms with Crippen LogP contribution < -0.4 is 0 Å². The van der Waals surface area contributed by atoms with Crippen LogP contribution in [-0.4, -0.2) is 82.2 Å². The first-order chi connectivity index (χ1) is 10.8. The SMILES string of the molecule is Cc1nnsc1C(=O)N1CCCSC[C@@H]1CN1CCOCC1. The van der Waals surface area contributed by atoms with Gasteiger partial charge in [-0.2, -0.15) is 11.8 Å². The first-order valence-electron chi connectivity index (χ1n) is 7.73. The molecule has 0 radical (unpaired) electrons. The molecule has 1 aromatic heterocycles. The fourth-order valence-corrected chi connectivity index (χ4v) is 4.56. The summed E-state index contributed by atoms with van der Waals surface area (Å²) in [6.45, 7) is 7.15. The third kappa shape index (κ3) is 3.79. The molecule has 0 N–H and O–H groups in total. The van der Waals surface area contributed by atoms with Crippen molar-refractivity contribution in [1.29, 1.82) is 0 Å². The van der Waals surface area contributed by atoms with Gasteiger partial charge in [-0.15, -0.1) is 5.10 Å². The van der Waals surface area contributed by atoms with Gasteiger partial charge >= 0.3 is 0 Å². The van der Waals surface area contributed by atoms with Gasteiger partial charge < -0.3 is 9.64 Å². The third-order valence-corrected chi connectivity index (χ3v) is 6.13. The Kier molecular flexibility index (Phi) is 5.67. The molecule has 0 saturated carbocycles. The highest BCUT2D eigenvalue weighted by atomic mass is 32.2. The van der Waals surface area contributed by atoms with Crippen LogP contribution in [-0.2, 0) is 4.74 Å². The highest BCUT2D eigenvalue weighted by Crippen LogP contribution is 2.22. The summed E-state index contributed by atoms with van der Waals surface area (Å²) < 4.78 is 9.33. The Morgan fingerprint density at radius 3 is 2.91 bits per heavy atom. The Bertz CT molecular complexity index is 505. The van der Waals surface area contributed by atoms with E-state index >= 15 is 0 Å². The number of morpholine rings is 1. The van der Waals surface area contributed by atoms with E-state index in [-0.39, 0.29) is 11.9 Å². The summed E-state index contributed by atoms with van der Waals surface area (Å²) in [7, 11) is 0. The maximum Gasteiger partial charge on any atom is 0.267 e. The van der Waals surface area contributed by atoms with Crippen molar-refractivity contribution in [1.82, 2.24) is 19.4 Å². The first-order valence-corrected chi connectivity index (χ1v) is 9.66. The van der Waals surface area contributed by atoms with Gasteiger partial charge in [-0.3, -0.25) is 9.69 Å². The molecule has 2 aliphatic rings. The van der Waals surface area contributed by atoms with Gasteiger partial charge in [0, 0.05) is 31.9 Å². The first kappa shape index (κ1) is 16.2. The normalized spacial score (nSPS) is 24.2. The average Bonchev–Trinajstić information content (AvgIpc) is 2.83. The standard InChI is InChI=1S/C14H22N4O2S2/c1-11-13(22-16-15-11)14(19)18-3-2-8-21-10-12(18)9-17-4-6-20-7-5-17/h12H,2-10H2,1H3/t12-/m0/s1. The number of thioether (sulfide) groups is 1. The van der Waals surface area contributed by atoms with Gasteiger partial charge in [0.1, 0.15) is 4.88 Å². The lowest BCUT2D eigenvalue weighted by Gasteiger charge is -2.35. The number of carbonyl (C=O) groups excluding carboxylic acids is 1. The maximum atomic E-state index is 12.9. The molecule has 1 aromatic rings. The van der Waals surface area contributed by atoms with E-state index in [0.29, 0.717) is 4.88 Å². The van der Waals surface area contributed by atoms with E-state index in [1.54, 1.807) is 0 Å². The van der Waals surface area contributed by atoms with Crippen LogP contribution >= 0.6 is 23.3 Å². The van der Waals surface area contributed by atoms with Crippen molar-refractivity contribution >= 4 is 29.2 Å². The molecule has 2 aliphatic heterocycles. The predicted octanol–water partition coefficient (Wildman–Crippen LogP) is 1.13. The molecule has 122 valence electrons. The van der Waals surface area contributed by atoms with Crippen molar-refractivity contribution in [3.63, 3.8) is 0 Å². The van der Waals surface area contributed by atoms with Crippen molar-refractivity contribution in [3.8, 4) is 0 Å². The fraction of sp³-hybridized carbons (Fsp3) is 0.786. The number of carbonyl (C=O) groups is 1. The van der Waals surface area contributed by atoms with E-state index in [1.807, 2.05) is 18.7 Å². The van der Waals surface area contributed by atoms with Gasteiger partial charge in [-0.25, -0.2) is 0 Å². The molecule has 6 nitrogen and oxygen atoms in total. The van der Waals surface area contributed by atoms with Gasteiger partial charge in [0.2, 0.25) is 0 Å². The Morgan fingerprint density at radius 1 is 1.36 bits per heavy atom. The highest BCUT2D eigenvalue weighted by molar-refractivity contribution is 7.99. The molecular weight excluding hydrogens is 320 g/mol. The Hall–Kier alpha value is -0.700. The lowest BCUT2D eigenvalue weighted by molar-refractivity contribution is 0.0245. The van der Waals surface area contributed by atoms with Gasteiger partial charge in [-0.05, 0) is 30.6 Å². The maximum absolute atomic E-state index is 12.9. The lowest BCUT2D eigenvalue weighted by Crippen LogP contribution is -2.50. The average molecular weight is 342 g/mol. The molecule has 0 aromatic carbocycles. The van der Waals surface area contributed by atoms with Gasteiger partial charge in [0.05, 0.1) is 24.9 Å². The van der Waals surface area contributed by atoms with Crippen molar-refractivity contribution in [2.75, 3.05) is 50.9 Å². The van der Waals surface area contributed by atoms with Gasteiger partial charge in [0.25, 0.3) is 5.91 Å². The minimum absolute atomic E-state index is 0.105. The fourth-order valence-electron chi connectivity index (χ4n) is 2.89. The molecule has 2 saturated heterocycles. The van der Waals surface area contributed by atoms with E-state index in [1.165, 1.54) is 11.5 Å². The molecule has 0 aliphatic carbocycles. The number of hydrogen-bond acceptors (Lipinski definition) is 7. The van der Waals surface area contributed by atoms with Crippen LogP contribution in [0.4, 0.5) is 0 Å². The molecule has 1 atom stereocenters. The highest BCUT2D eigenvalue weighted by Gasteiger charge is 2.30. The predicted molar refractivity (Wildman–Crippen MR) is 88.7 cm³/mol. The van der Waals surface area contributed by atoms with Crippen LogP contribution in [0.3, 0.4) is 0 Å². The second-order valence-corrected chi connectivity index (χ2v) is 7.59. The Balaban J connectivity index is 1.72. The van der Waals surface area contributed by atoms with E-state index in [0.717, 1.165) is 63.0 Å². The number of aromatic nitrogens is 2. The van der Waals surface area contributed by atoms with Crippen LogP contribution in [0.25, 0.3) is 0 Å². The van der Waals surface area contributed by atoms with E-state index in [9.17, 15) is 4.79 Å². The quantitative estimate of drug-likeness (QED) is 0.821. The van der Waals surface area contributed by atoms with Crippen molar-refractivity contribution in [2.24, 2.45) is 0 Å². The van der Waals surface area contributed by atoms with Crippen LogP contribution in [0, 0.1) is 6.92 Å². The van der Waals surface area contributed by atoms with Crippen LogP contribution in [0.1, 0.15) is 21.8 Å². The van der Waals surface area contributed by atoms with Crippen molar-refractivity contribution in [3.05, 3.63) is 10.6 Å². The molecule has 3 heterocycles. The number of ether oxygens (including phenoxy) is 1. The summed E-state index contributed by atoms with van der Waals surface area (Å²) in [5.74, 6) is 2.24. The van der Waals surface area contributed by atoms with Crippen LogP contribution in [0.2, 0.25) is 0 Å². The van der Waals surface area contributed by atoms with Crippen molar-refractivity contribution < 1.29 is 9.53 Å².